The predicted octanol–water partition coefficient (Wildman–Crippen LogP) is 4.28. The molecule has 0 aromatic heterocycles. The SMILES string of the molecule is CC(C)=CC(=O)CC(C)=CCCC(=CCCC(C)=CCO)CO. The molecule has 0 saturated carbocycles. The normalized spacial score (nSPS) is 13.2. The second kappa shape index (κ2) is 13.0. The van der Waals surface area contributed by atoms with Gasteiger partial charge in [-0.05, 0) is 65.0 Å². The Morgan fingerprint density at radius 3 is 2.09 bits per heavy atom. The van der Waals surface area contributed by atoms with Gasteiger partial charge in [0, 0.05) is 6.42 Å². The van der Waals surface area contributed by atoms with Crippen LogP contribution in [0.3, 0.4) is 0 Å². The van der Waals surface area contributed by atoms with E-state index >= 15 is 0 Å². The molecule has 0 aliphatic carbocycles. The lowest BCUT2D eigenvalue weighted by molar-refractivity contribution is -0.114. The third-order valence-corrected chi connectivity index (χ3v) is 3.48. The van der Waals surface area contributed by atoms with Crippen LogP contribution in [0.15, 0.2) is 46.6 Å². The summed E-state index contributed by atoms with van der Waals surface area (Å²) in [6, 6.07) is 0. The Bertz CT molecular complexity index is 475. The molecular weight excluding hydrogens is 288 g/mol. The highest BCUT2D eigenvalue weighted by Crippen LogP contribution is 2.13. The summed E-state index contributed by atoms with van der Waals surface area (Å²) in [5.74, 6) is 0.141. The molecule has 0 fully saturated rings. The molecule has 2 N–H and O–H groups in total. The van der Waals surface area contributed by atoms with Crippen molar-refractivity contribution in [2.75, 3.05) is 13.2 Å². The lowest BCUT2D eigenvalue weighted by Crippen LogP contribution is -1.95. The van der Waals surface area contributed by atoms with Gasteiger partial charge in [-0.1, -0.05) is 34.9 Å². The fourth-order valence-corrected chi connectivity index (χ4v) is 2.23. The molecule has 0 heterocycles. The molecule has 3 nitrogen and oxygen atoms in total. The van der Waals surface area contributed by atoms with Crippen LogP contribution in [0.2, 0.25) is 0 Å². The number of ketones is 1. The number of allylic oxidation sites excluding steroid dienone is 6. The van der Waals surface area contributed by atoms with E-state index in [2.05, 4.69) is 12.2 Å². The van der Waals surface area contributed by atoms with Crippen molar-refractivity contribution >= 4 is 5.78 Å². The first-order chi connectivity index (χ1) is 10.9. The van der Waals surface area contributed by atoms with Crippen molar-refractivity contribution in [2.24, 2.45) is 0 Å². The van der Waals surface area contributed by atoms with Crippen LogP contribution in [0.5, 0.6) is 0 Å². The third-order valence-electron chi connectivity index (χ3n) is 3.48. The van der Waals surface area contributed by atoms with Crippen molar-refractivity contribution in [3.05, 3.63) is 46.6 Å². The van der Waals surface area contributed by atoms with Gasteiger partial charge in [-0.25, -0.2) is 0 Å². The Kier molecular flexibility index (Phi) is 12.2. The molecule has 130 valence electrons. The molecule has 0 saturated heterocycles. The maximum Gasteiger partial charge on any atom is 0.159 e. The zero-order chi connectivity index (χ0) is 17.7. The average Bonchev–Trinajstić information content (AvgIpc) is 2.44. The number of carbonyl (C=O) groups is 1. The summed E-state index contributed by atoms with van der Waals surface area (Å²) in [7, 11) is 0. The van der Waals surface area contributed by atoms with E-state index in [1.165, 1.54) is 0 Å². The van der Waals surface area contributed by atoms with Gasteiger partial charge in [-0.3, -0.25) is 4.79 Å². The van der Waals surface area contributed by atoms with E-state index in [-0.39, 0.29) is 19.0 Å². The van der Waals surface area contributed by atoms with Crippen molar-refractivity contribution in [3.63, 3.8) is 0 Å². The van der Waals surface area contributed by atoms with Crippen LogP contribution in [0.4, 0.5) is 0 Å². The molecule has 3 heteroatoms. The number of hydrogen-bond acceptors (Lipinski definition) is 3. The van der Waals surface area contributed by atoms with Gasteiger partial charge in [0.25, 0.3) is 0 Å². The van der Waals surface area contributed by atoms with Crippen molar-refractivity contribution in [1.82, 2.24) is 0 Å². The maximum atomic E-state index is 11.7. The van der Waals surface area contributed by atoms with Gasteiger partial charge in [0.2, 0.25) is 0 Å². The molecule has 0 unspecified atom stereocenters. The first kappa shape index (κ1) is 21.6. The first-order valence-electron chi connectivity index (χ1n) is 8.27. The van der Waals surface area contributed by atoms with E-state index in [0.717, 1.165) is 48.0 Å². The molecule has 0 aromatic carbocycles. The number of hydrogen-bond donors (Lipinski definition) is 2. The summed E-state index contributed by atoms with van der Waals surface area (Å²) in [6.45, 7) is 7.98. The smallest absolute Gasteiger partial charge is 0.159 e. The summed E-state index contributed by atoms with van der Waals surface area (Å²) in [4.78, 5) is 11.7. The lowest BCUT2D eigenvalue weighted by Gasteiger charge is -2.04. The van der Waals surface area contributed by atoms with Crippen LogP contribution < -0.4 is 0 Å². The highest BCUT2D eigenvalue weighted by Gasteiger charge is 2.00. The van der Waals surface area contributed by atoms with E-state index < -0.39 is 0 Å². The van der Waals surface area contributed by atoms with Gasteiger partial charge in [-0.15, -0.1) is 0 Å². The first-order valence-corrected chi connectivity index (χ1v) is 8.27. The van der Waals surface area contributed by atoms with Gasteiger partial charge in [-0.2, -0.15) is 0 Å². The van der Waals surface area contributed by atoms with Crippen LogP contribution in [-0.4, -0.2) is 29.2 Å². The van der Waals surface area contributed by atoms with Crippen molar-refractivity contribution in [2.45, 2.75) is 59.8 Å². The second-order valence-corrected chi connectivity index (χ2v) is 6.25. The van der Waals surface area contributed by atoms with Crippen molar-refractivity contribution in [3.8, 4) is 0 Å². The zero-order valence-electron chi connectivity index (χ0n) is 15.1. The van der Waals surface area contributed by atoms with Crippen LogP contribution in [0.25, 0.3) is 0 Å². The Balaban J connectivity index is 4.29. The van der Waals surface area contributed by atoms with E-state index in [0.29, 0.717) is 6.42 Å². The summed E-state index contributed by atoms with van der Waals surface area (Å²) >= 11 is 0. The molecule has 0 rings (SSSR count). The fourth-order valence-electron chi connectivity index (χ4n) is 2.23. The van der Waals surface area contributed by atoms with Crippen LogP contribution in [0, 0.1) is 0 Å². The van der Waals surface area contributed by atoms with Crippen LogP contribution >= 0.6 is 0 Å². The van der Waals surface area contributed by atoms with Crippen molar-refractivity contribution < 1.29 is 15.0 Å². The summed E-state index contributed by atoms with van der Waals surface area (Å²) in [5, 5.41) is 18.2. The van der Waals surface area contributed by atoms with Gasteiger partial charge < -0.3 is 10.2 Å². The molecule has 0 amide bonds. The van der Waals surface area contributed by atoms with Crippen molar-refractivity contribution in [1.29, 1.82) is 0 Å². The summed E-state index contributed by atoms with van der Waals surface area (Å²) < 4.78 is 0. The molecule has 0 aliphatic heterocycles. The second-order valence-electron chi connectivity index (χ2n) is 6.25. The van der Waals surface area contributed by atoms with Crippen LogP contribution in [0.1, 0.15) is 59.8 Å². The maximum absolute atomic E-state index is 11.7. The van der Waals surface area contributed by atoms with Crippen LogP contribution in [-0.2, 0) is 4.79 Å². The van der Waals surface area contributed by atoms with E-state index in [1.54, 1.807) is 6.08 Å². The Morgan fingerprint density at radius 1 is 0.870 bits per heavy atom. The fraction of sp³-hybridized carbons (Fsp3) is 0.550. The molecular formula is C20H32O3. The number of aliphatic hydroxyl groups is 2. The summed E-state index contributed by atoms with van der Waals surface area (Å²) in [6.07, 6.45) is 11.5. The molecule has 0 bridgehead atoms. The topological polar surface area (TPSA) is 57.5 Å². The minimum Gasteiger partial charge on any atom is -0.392 e. The number of rotatable bonds is 11. The quantitative estimate of drug-likeness (QED) is 0.441. The van der Waals surface area contributed by atoms with Gasteiger partial charge in [0.1, 0.15) is 0 Å². The minimum absolute atomic E-state index is 0.0757. The Morgan fingerprint density at radius 2 is 1.52 bits per heavy atom. The third kappa shape index (κ3) is 12.8. The molecule has 23 heavy (non-hydrogen) atoms. The molecule has 0 spiro atoms. The van der Waals surface area contributed by atoms with E-state index in [4.69, 9.17) is 5.11 Å². The van der Waals surface area contributed by atoms with E-state index in [1.807, 2.05) is 33.8 Å². The average molecular weight is 320 g/mol. The van der Waals surface area contributed by atoms with E-state index in [9.17, 15) is 9.90 Å². The van der Waals surface area contributed by atoms with Gasteiger partial charge >= 0.3 is 0 Å². The minimum atomic E-state index is 0.0757. The Labute approximate surface area is 141 Å². The highest BCUT2D eigenvalue weighted by molar-refractivity contribution is 5.91. The number of aliphatic hydroxyl groups excluding tert-OH is 2. The lowest BCUT2D eigenvalue weighted by atomic mass is 10.0. The summed E-state index contributed by atoms with van der Waals surface area (Å²) in [5.41, 5.74) is 4.29. The molecule has 0 atom stereocenters. The molecule has 0 aromatic rings. The standard InChI is InChI=1S/C20H32O3/c1-16(2)13-20(23)14-18(4)8-6-10-19(15-22)9-5-7-17(3)11-12-21/h8-9,11,13,21-22H,5-7,10,12,14-15H2,1-4H3. The van der Waals surface area contributed by atoms with Gasteiger partial charge in [0.05, 0.1) is 13.2 Å². The largest absolute Gasteiger partial charge is 0.392 e. The molecule has 0 radical (unpaired) electrons. The predicted molar refractivity (Wildman–Crippen MR) is 97.3 cm³/mol. The monoisotopic (exact) mass is 320 g/mol. The zero-order valence-corrected chi connectivity index (χ0v) is 15.1. The molecule has 0 aliphatic rings. The Hall–Kier alpha value is -1.45. The van der Waals surface area contributed by atoms with Gasteiger partial charge in [0.15, 0.2) is 5.78 Å². The number of carbonyl (C=O) groups excluding carboxylic acids is 1. The highest BCUT2D eigenvalue weighted by atomic mass is 16.3.